The van der Waals surface area contributed by atoms with Crippen molar-refractivity contribution in [2.45, 2.75) is 32.6 Å². The van der Waals surface area contributed by atoms with Crippen LogP contribution in [-0.4, -0.2) is 44.3 Å². The van der Waals surface area contributed by atoms with E-state index in [1.807, 2.05) is 37.5 Å². The summed E-state index contributed by atoms with van der Waals surface area (Å²) in [6, 6.07) is 7.83. The number of benzene rings is 1. The molecular formula is C25H29N5O3S. The van der Waals surface area contributed by atoms with E-state index < -0.39 is 9.84 Å². The molecule has 0 aliphatic carbocycles. The van der Waals surface area contributed by atoms with Gasteiger partial charge >= 0.3 is 0 Å². The monoisotopic (exact) mass is 479 g/mol. The highest BCUT2D eigenvalue weighted by Gasteiger charge is 2.23. The van der Waals surface area contributed by atoms with Crippen LogP contribution in [0.4, 0.5) is 22.9 Å². The Bertz CT molecular complexity index is 1360. The van der Waals surface area contributed by atoms with Crippen molar-refractivity contribution in [1.82, 2.24) is 9.97 Å². The SMILES string of the molecule is Cc1cc(Nc2cc3c(cn2)CCN(c2cnc4c(c2C)NCCO4)C3)ccc1CS(C)(=O)=O. The molecule has 0 saturated carbocycles. The lowest BCUT2D eigenvalue weighted by molar-refractivity contribution is 0.310. The van der Waals surface area contributed by atoms with Gasteiger partial charge in [-0.05, 0) is 60.7 Å². The second-order valence-electron chi connectivity index (χ2n) is 9.07. The van der Waals surface area contributed by atoms with E-state index in [1.54, 1.807) is 0 Å². The highest BCUT2D eigenvalue weighted by atomic mass is 32.2. The van der Waals surface area contributed by atoms with Crippen molar-refractivity contribution in [3.8, 4) is 5.88 Å². The molecule has 8 nitrogen and oxygen atoms in total. The molecule has 2 aromatic heterocycles. The van der Waals surface area contributed by atoms with Crippen LogP contribution in [0.5, 0.6) is 5.88 Å². The van der Waals surface area contributed by atoms with Gasteiger partial charge in [0.1, 0.15) is 18.1 Å². The summed E-state index contributed by atoms with van der Waals surface area (Å²) in [7, 11) is -3.07. The Balaban J connectivity index is 1.35. The number of sulfone groups is 1. The molecule has 3 aromatic rings. The third kappa shape index (κ3) is 4.65. The minimum absolute atomic E-state index is 0.0463. The van der Waals surface area contributed by atoms with E-state index in [4.69, 9.17) is 4.74 Å². The Hall–Kier alpha value is -3.33. The fraction of sp³-hybridized carbons (Fsp3) is 0.360. The molecule has 34 heavy (non-hydrogen) atoms. The fourth-order valence-electron chi connectivity index (χ4n) is 4.61. The summed E-state index contributed by atoms with van der Waals surface area (Å²) in [4.78, 5) is 11.5. The molecule has 0 radical (unpaired) electrons. The molecule has 4 heterocycles. The van der Waals surface area contributed by atoms with Gasteiger partial charge in [-0.15, -0.1) is 0 Å². The zero-order valence-electron chi connectivity index (χ0n) is 19.7. The van der Waals surface area contributed by atoms with E-state index in [9.17, 15) is 8.42 Å². The van der Waals surface area contributed by atoms with Crippen LogP contribution in [0.1, 0.15) is 27.8 Å². The number of anilines is 4. The molecule has 9 heteroatoms. The number of rotatable bonds is 5. The average Bonchev–Trinajstić information content (AvgIpc) is 2.80. The minimum Gasteiger partial charge on any atom is -0.474 e. The zero-order valence-corrected chi connectivity index (χ0v) is 20.5. The van der Waals surface area contributed by atoms with Crippen LogP contribution in [0.25, 0.3) is 0 Å². The normalized spacial score (nSPS) is 15.1. The van der Waals surface area contributed by atoms with Crippen LogP contribution in [0.15, 0.2) is 36.7 Å². The molecule has 0 bridgehead atoms. The van der Waals surface area contributed by atoms with Crippen molar-refractivity contribution in [1.29, 1.82) is 0 Å². The number of hydrogen-bond donors (Lipinski definition) is 2. The Morgan fingerprint density at radius 1 is 1.15 bits per heavy atom. The second kappa shape index (κ2) is 8.79. The molecule has 2 N–H and O–H groups in total. The number of aryl methyl sites for hydroxylation is 1. The molecule has 0 amide bonds. The number of nitrogens with zero attached hydrogens (tertiary/aromatic N) is 3. The lowest BCUT2D eigenvalue weighted by Crippen LogP contribution is -2.32. The molecule has 2 aliphatic heterocycles. The second-order valence-corrected chi connectivity index (χ2v) is 11.2. The summed E-state index contributed by atoms with van der Waals surface area (Å²) in [5.41, 5.74) is 8.39. The molecular weight excluding hydrogens is 450 g/mol. The van der Waals surface area contributed by atoms with Crippen molar-refractivity contribution in [3.63, 3.8) is 0 Å². The number of hydrogen-bond acceptors (Lipinski definition) is 8. The average molecular weight is 480 g/mol. The molecule has 178 valence electrons. The maximum Gasteiger partial charge on any atom is 0.237 e. The van der Waals surface area contributed by atoms with Gasteiger partial charge in [-0.1, -0.05) is 6.07 Å². The van der Waals surface area contributed by atoms with E-state index in [2.05, 4.69) is 38.5 Å². The first-order valence-electron chi connectivity index (χ1n) is 11.4. The van der Waals surface area contributed by atoms with Crippen molar-refractivity contribution >= 4 is 32.7 Å². The summed E-state index contributed by atoms with van der Waals surface area (Å²) < 4.78 is 29.0. The van der Waals surface area contributed by atoms with Gasteiger partial charge in [0, 0.05) is 43.3 Å². The van der Waals surface area contributed by atoms with Crippen LogP contribution >= 0.6 is 0 Å². The molecule has 0 unspecified atom stereocenters. The smallest absolute Gasteiger partial charge is 0.237 e. The van der Waals surface area contributed by atoms with E-state index >= 15 is 0 Å². The van der Waals surface area contributed by atoms with Crippen molar-refractivity contribution in [2.24, 2.45) is 0 Å². The summed E-state index contributed by atoms with van der Waals surface area (Å²) in [6.07, 6.45) is 6.04. The molecule has 0 fully saturated rings. The van der Waals surface area contributed by atoms with Crippen LogP contribution in [0, 0.1) is 13.8 Å². The third-order valence-electron chi connectivity index (χ3n) is 6.39. The fourth-order valence-corrected chi connectivity index (χ4v) is 5.50. The maximum atomic E-state index is 11.6. The van der Waals surface area contributed by atoms with Gasteiger partial charge in [0.2, 0.25) is 5.88 Å². The Morgan fingerprint density at radius 3 is 2.79 bits per heavy atom. The number of aromatic nitrogens is 2. The van der Waals surface area contributed by atoms with Crippen molar-refractivity contribution in [2.75, 3.05) is 41.5 Å². The number of ether oxygens (including phenoxy) is 1. The molecule has 2 aliphatic rings. The topological polar surface area (TPSA) is 96.4 Å². The number of pyridine rings is 2. The van der Waals surface area contributed by atoms with Crippen LogP contribution < -0.4 is 20.3 Å². The van der Waals surface area contributed by atoms with Crippen molar-refractivity contribution < 1.29 is 13.2 Å². The Morgan fingerprint density at radius 2 is 2.00 bits per heavy atom. The van der Waals surface area contributed by atoms with E-state index in [1.165, 1.54) is 17.4 Å². The van der Waals surface area contributed by atoms with Gasteiger partial charge in [0.25, 0.3) is 0 Å². The number of nitrogens with one attached hydrogen (secondary N) is 2. The first-order valence-corrected chi connectivity index (χ1v) is 13.5. The van der Waals surface area contributed by atoms with Crippen LogP contribution in [0.2, 0.25) is 0 Å². The molecule has 0 saturated heterocycles. The van der Waals surface area contributed by atoms with Crippen LogP contribution in [-0.2, 0) is 28.6 Å². The van der Waals surface area contributed by atoms with Gasteiger partial charge in [0.15, 0.2) is 9.84 Å². The molecule has 1 aromatic carbocycles. The quantitative estimate of drug-likeness (QED) is 0.571. The van der Waals surface area contributed by atoms with Gasteiger partial charge in [0.05, 0.1) is 17.6 Å². The van der Waals surface area contributed by atoms with Crippen LogP contribution in [0.3, 0.4) is 0 Å². The third-order valence-corrected chi connectivity index (χ3v) is 7.22. The highest BCUT2D eigenvalue weighted by Crippen LogP contribution is 2.36. The van der Waals surface area contributed by atoms with E-state index in [0.29, 0.717) is 12.5 Å². The first kappa shape index (κ1) is 22.5. The number of fused-ring (bicyclic) bond motifs is 2. The first-order chi connectivity index (χ1) is 16.3. The van der Waals surface area contributed by atoms with E-state index in [0.717, 1.165) is 65.6 Å². The van der Waals surface area contributed by atoms with Gasteiger partial charge in [-0.2, -0.15) is 0 Å². The van der Waals surface area contributed by atoms with Crippen molar-refractivity contribution in [3.05, 3.63) is 64.5 Å². The van der Waals surface area contributed by atoms with E-state index in [-0.39, 0.29) is 5.75 Å². The zero-order chi connectivity index (χ0) is 23.9. The van der Waals surface area contributed by atoms with Gasteiger partial charge in [-0.25, -0.2) is 18.4 Å². The standard InChI is InChI=1S/C25H29N5O3S/c1-16-10-21(5-4-19(16)15-34(3,31)32)29-23-11-20-14-30(8-6-18(20)12-27-23)22-13-28-25-24(17(22)2)26-7-9-33-25/h4-5,10-13,26H,6-9,14-15H2,1-3H3,(H,27,29). The highest BCUT2D eigenvalue weighted by molar-refractivity contribution is 7.89. The van der Waals surface area contributed by atoms with Gasteiger partial charge < -0.3 is 20.3 Å². The summed E-state index contributed by atoms with van der Waals surface area (Å²) >= 11 is 0. The molecule has 5 rings (SSSR count). The Kier molecular flexibility index (Phi) is 5.81. The lowest BCUT2D eigenvalue weighted by Gasteiger charge is -2.33. The van der Waals surface area contributed by atoms with Gasteiger partial charge in [-0.3, -0.25) is 0 Å². The molecule has 0 spiro atoms. The Labute approximate surface area is 200 Å². The summed E-state index contributed by atoms with van der Waals surface area (Å²) in [5, 5.41) is 6.79. The largest absolute Gasteiger partial charge is 0.474 e. The predicted octanol–water partition coefficient (Wildman–Crippen LogP) is 3.75. The lowest BCUT2D eigenvalue weighted by atomic mass is 10.0. The molecule has 0 atom stereocenters. The maximum absolute atomic E-state index is 11.6. The predicted molar refractivity (Wildman–Crippen MR) is 135 cm³/mol. The minimum atomic E-state index is -3.07. The summed E-state index contributed by atoms with van der Waals surface area (Å²) in [6.45, 7) is 7.16. The summed E-state index contributed by atoms with van der Waals surface area (Å²) in [5.74, 6) is 1.50.